The number of aryl methyl sites for hydroxylation is 1. The first kappa shape index (κ1) is 24.5. The Morgan fingerprint density at radius 2 is 1.63 bits per heavy atom. The molecule has 1 fully saturated rings. The maximum Gasteiger partial charge on any atom is 0.337 e. The molecule has 182 valence electrons. The second-order valence-corrected chi connectivity index (χ2v) is 9.02. The second-order valence-electron chi connectivity index (χ2n) is 8.64. The van der Waals surface area contributed by atoms with Gasteiger partial charge in [0.05, 0.1) is 12.7 Å². The Labute approximate surface area is 208 Å². The van der Waals surface area contributed by atoms with E-state index >= 15 is 0 Å². The van der Waals surface area contributed by atoms with Crippen molar-refractivity contribution >= 4 is 46.7 Å². The van der Waals surface area contributed by atoms with Crippen LogP contribution >= 0.6 is 11.6 Å². The Morgan fingerprint density at radius 1 is 0.971 bits per heavy atom. The number of benzene rings is 2. The quantitative estimate of drug-likeness (QED) is 0.448. The number of hydrogen-bond donors (Lipinski definition) is 2. The van der Waals surface area contributed by atoms with Crippen LogP contribution in [0.1, 0.15) is 58.4 Å². The molecule has 3 amide bonds. The first-order chi connectivity index (χ1) is 16.8. The highest BCUT2D eigenvalue weighted by Gasteiger charge is 2.42. The molecule has 8 nitrogen and oxygen atoms in total. The van der Waals surface area contributed by atoms with E-state index in [-0.39, 0.29) is 22.7 Å². The summed E-state index contributed by atoms with van der Waals surface area (Å²) in [6.07, 6.45) is 4.62. The molecular formula is C26H26ClN3O5. The maximum absolute atomic E-state index is 13.1. The Bertz CT molecular complexity index is 1220. The zero-order valence-electron chi connectivity index (χ0n) is 19.5. The van der Waals surface area contributed by atoms with Gasteiger partial charge in [-0.3, -0.25) is 19.3 Å². The van der Waals surface area contributed by atoms with Crippen molar-refractivity contribution in [2.45, 2.75) is 45.1 Å². The van der Waals surface area contributed by atoms with Crippen LogP contribution in [0.2, 0.25) is 0 Å². The summed E-state index contributed by atoms with van der Waals surface area (Å²) in [5.41, 5.74) is 2.52. The largest absolute Gasteiger partial charge is 0.465 e. The van der Waals surface area contributed by atoms with Gasteiger partial charge >= 0.3 is 5.97 Å². The maximum atomic E-state index is 13.1. The third kappa shape index (κ3) is 5.07. The average molecular weight is 496 g/mol. The van der Waals surface area contributed by atoms with Crippen LogP contribution < -0.4 is 10.6 Å². The number of carbonyl (C=O) groups excluding carboxylic acids is 4. The van der Waals surface area contributed by atoms with E-state index in [0.717, 1.165) is 37.7 Å². The van der Waals surface area contributed by atoms with Crippen LogP contribution in [0.15, 0.2) is 53.2 Å². The van der Waals surface area contributed by atoms with Crippen LogP contribution in [0.4, 0.5) is 11.4 Å². The smallest absolute Gasteiger partial charge is 0.337 e. The van der Waals surface area contributed by atoms with Gasteiger partial charge in [0, 0.05) is 23.0 Å². The second kappa shape index (κ2) is 10.3. The van der Waals surface area contributed by atoms with Crippen LogP contribution in [-0.2, 0) is 14.3 Å². The minimum atomic E-state index is -0.479. The predicted molar refractivity (Wildman–Crippen MR) is 132 cm³/mol. The molecule has 2 aromatic carbocycles. The molecule has 0 saturated heterocycles. The van der Waals surface area contributed by atoms with Crippen LogP contribution in [0, 0.1) is 6.92 Å². The molecule has 0 unspecified atom stereocenters. The number of anilines is 2. The van der Waals surface area contributed by atoms with Crippen molar-refractivity contribution in [3.8, 4) is 0 Å². The summed E-state index contributed by atoms with van der Waals surface area (Å²) < 4.78 is 4.67. The lowest BCUT2D eigenvalue weighted by atomic mass is 9.94. The fraction of sp³-hybridized carbons (Fsp3) is 0.308. The van der Waals surface area contributed by atoms with Crippen molar-refractivity contribution in [3.05, 3.63) is 69.9 Å². The van der Waals surface area contributed by atoms with E-state index in [1.54, 1.807) is 42.5 Å². The zero-order chi connectivity index (χ0) is 25.1. The number of imide groups is 1. The Hall–Kier alpha value is -3.65. The molecule has 1 saturated carbocycles. The number of esters is 1. The first-order valence-electron chi connectivity index (χ1n) is 11.4. The lowest BCUT2D eigenvalue weighted by molar-refractivity contribution is -0.140. The molecular weight excluding hydrogens is 470 g/mol. The fourth-order valence-corrected chi connectivity index (χ4v) is 4.56. The minimum absolute atomic E-state index is 0.0290. The van der Waals surface area contributed by atoms with Gasteiger partial charge in [0.1, 0.15) is 10.7 Å². The molecule has 0 bridgehead atoms. The van der Waals surface area contributed by atoms with E-state index in [2.05, 4.69) is 15.4 Å². The van der Waals surface area contributed by atoms with Gasteiger partial charge in [-0.25, -0.2) is 4.79 Å². The lowest BCUT2D eigenvalue weighted by Crippen LogP contribution is -2.42. The molecule has 9 heteroatoms. The average Bonchev–Trinajstić information content (AvgIpc) is 3.08. The fourth-order valence-electron chi connectivity index (χ4n) is 4.34. The van der Waals surface area contributed by atoms with E-state index in [4.69, 9.17) is 11.6 Å². The number of carbonyl (C=O) groups is 4. The van der Waals surface area contributed by atoms with Crippen molar-refractivity contribution in [2.24, 2.45) is 0 Å². The summed E-state index contributed by atoms with van der Waals surface area (Å²) in [6.45, 7) is 1.82. The monoisotopic (exact) mass is 495 g/mol. The third-order valence-corrected chi connectivity index (χ3v) is 6.67. The number of nitrogens with one attached hydrogen (secondary N) is 2. The van der Waals surface area contributed by atoms with Gasteiger partial charge in [0.2, 0.25) is 0 Å². The first-order valence-corrected chi connectivity index (χ1v) is 11.8. The molecule has 0 atom stereocenters. The highest BCUT2D eigenvalue weighted by Crippen LogP contribution is 2.33. The van der Waals surface area contributed by atoms with Gasteiger partial charge in [-0.1, -0.05) is 36.9 Å². The van der Waals surface area contributed by atoms with Crippen molar-refractivity contribution in [3.63, 3.8) is 0 Å². The van der Waals surface area contributed by atoms with Gasteiger partial charge in [0.15, 0.2) is 0 Å². The van der Waals surface area contributed by atoms with Crippen LogP contribution in [0.3, 0.4) is 0 Å². The Morgan fingerprint density at radius 3 is 2.29 bits per heavy atom. The normalized spacial score (nSPS) is 16.5. The molecule has 0 aromatic heterocycles. The molecule has 2 aromatic rings. The molecule has 1 aliphatic carbocycles. The van der Waals surface area contributed by atoms with Crippen LogP contribution in [0.25, 0.3) is 0 Å². The summed E-state index contributed by atoms with van der Waals surface area (Å²) in [6, 6.07) is 11.2. The van der Waals surface area contributed by atoms with Gasteiger partial charge in [0.25, 0.3) is 17.7 Å². The molecule has 4 rings (SSSR count). The van der Waals surface area contributed by atoms with Crippen molar-refractivity contribution in [1.29, 1.82) is 0 Å². The molecule has 35 heavy (non-hydrogen) atoms. The van der Waals surface area contributed by atoms with Gasteiger partial charge in [-0.2, -0.15) is 0 Å². The third-order valence-electron chi connectivity index (χ3n) is 6.32. The summed E-state index contributed by atoms with van der Waals surface area (Å²) in [5, 5.41) is 5.63. The van der Waals surface area contributed by atoms with E-state index in [1.165, 1.54) is 12.0 Å². The van der Waals surface area contributed by atoms with E-state index in [9.17, 15) is 19.2 Å². The SMILES string of the molecule is COC(=O)c1ccc(NC(=O)c2ccc(C)c(NC3=C(Cl)C(=O)N(C4CCCCC4)C3=O)c2)cc1. The van der Waals surface area contributed by atoms with Crippen LogP contribution in [0.5, 0.6) is 0 Å². The highest BCUT2D eigenvalue weighted by atomic mass is 35.5. The highest BCUT2D eigenvalue weighted by molar-refractivity contribution is 6.48. The predicted octanol–water partition coefficient (Wildman–Crippen LogP) is 4.60. The summed E-state index contributed by atoms with van der Waals surface area (Å²) in [5.74, 6) is -1.76. The van der Waals surface area contributed by atoms with Gasteiger partial charge in [-0.05, 0) is 61.7 Å². The Kier molecular flexibility index (Phi) is 7.21. The van der Waals surface area contributed by atoms with Crippen LogP contribution in [-0.4, -0.2) is 41.7 Å². The molecule has 2 aliphatic rings. The van der Waals surface area contributed by atoms with Crippen molar-refractivity contribution in [1.82, 2.24) is 4.90 Å². The number of nitrogens with zero attached hydrogens (tertiary/aromatic N) is 1. The zero-order valence-corrected chi connectivity index (χ0v) is 20.3. The molecule has 1 aliphatic heterocycles. The minimum Gasteiger partial charge on any atom is -0.465 e. The topological polar surface area (TPSA) is 105 Å². The van der Waals surface area contributed by atoms with Crippen molar-refractivity contribution < 1.29 is 23.9 Å². The molecule has 0 spiro atoms. The number of ether oxygens (including phenoxy) is 1. The molecule has 2 N–H and O–H groups in total. The summed E-state index contributed by atoms with van der Waals surface area (Å²) in [4.78, 5) is 51.5. The number of rotatable bonds is 6. The van der Waals surface area contributed by atoms with E-state index in [1.807, 2.05) is 6.92 Å². The van der Waals surface area contributed by atoms with E-state index < -0.39 is 17.8 Å². The van der Waals surface area contributed by atoms with E-state index in [0.29, 0.717) is 22.5 Å². The number of amides is 3. The Balaban J connectivity index is 1.50. The number of hydrogen-bond acceptors (Lipinski definition) is 6. The summed E-state index contributed by atoms with van der Waals surface area (Å²) >= 11 is 6.29. The molecule has 1 heterocycles. The van der Waals surface area contributed by atoms with Gasteiger partial charge in [-0.15, -0.1) is 0 Å². The molecule has 0 radical (unpaired) electrons. The lowest BCUT2D eigenvalue weighted by Gasteiger charge is -2.29. The van der Waals surface area contributed by atoms with Crippen molar-refractivity contribution in [2.75, 3.05) is 17.7 Å². The number of halogens is 1. The summed E-state index contributed by atoms with van der Waals surface area (Å²) in [7, 11) is 1.30. The number of methoxy groups -OCH3 is 1. The standard InChI is InChI=1S/C26H26ClN3O5/c1-15-8-9-17(23(31)28-18-12-10-16(11-13-18)26(34)35-2)14-20(15)29-22-21(27)24(32)30(25(22)33)19-6-4-3-5-7-19/h8-14,19,29H,3-7H2,1-2H3,(H,28,31). The van der Waals surface area contributed by atoms with Gasteiger partial charge < -0.3 is 15.4 Å².